The lowest BCUT2D eigenvalue weighted by molar-refractivity contribution is -0.116. The number of anilines is 3. The number of nitrogens with zero attached hydrogens (tertiary/aromatic N) is 4. The molecule has 4 rings (SSSR count). The van der Waals surface area contributed by atoms with Gasteiger partial charge in [0.25, 0.3) is 0 Å². The first-order chi connectivity index (χ1) is 16.9. The van der Waals surface area contributed by atoms with Gasteiger partial charge in [0.1, 0.15) is 5.02 Å². The summed E-state index contributed by atoms with van der Waals surface area (Å²) in [5, 5.41) is 3.53. The fourth-order valence-corrected chi connectivity index (χ4v) is 5.49. The van der Waals surface area contributed by atoms with Gasteiger partial charge >= 0.3 is 0 Å². The van der Waals surface area contributed by atoms with E-state index >= 15 is 0 Å². The maximum atomic E-state index is 12.7. The van der Waals surface area contributed by atoms with Crippen molar-refractivity contribution in [1.29, 1.82) is 0 Å². The van der Waals surface area contributed by atoms with Crippen molar-refractivity contribution in [3.63, 3.8) is 0 Å². The average molecular weight is 532 g/mol. The Morgan fingerprint density at radius 2 is 1.60 bits per heavy atom. The van der Waals surface area contributed by atoms with Gasteiger partial charge in [-0.3, -0.25) is 9.78 Å². The van der Waals surface area contributed by atoms with Crippen LogP contribution in [0.25, 0.3) is 0 Å². The number of hydrogen-bond acceptors (Lipinski definition) is 6. The maximum absolute atomic E-state index is 12.7. The molecule has 1 saturated heterocycles. The number of pyridine rings is 1. The summed E-state index contributed by atoms with van der Waals surface area (Å²) < 4.78 is 14.3. The minimum Gasteiger partial charge on any atom is -0.593 e. The molecule has 35 heavy (non-hydrogen) atoms. The van der Waals surface area contributed by atoms with Crippen LogP contribution in [-0.4, -0.2) is 59.5 Å². The van der Waals surface area contributed by atoms with E-state index in [2.05, 4.69) is 20.1 Å². The smallest absolute Gasteiger partial charge is 0.225 e. The van der Waals surface area contributed by atoms with E-state index in [1.54, 1.807) is 29.6 Å². The molecule has 184 valence electrons. The highest BCUT2D eigenvalue weighted by atomic mass is 35.5. The van der Waals surface area contributed by atoms with Crippen LogP contribution < -0.4 is 15.1 Å². The molecule has 0 spiro atoms. The van der Waals surface area contributed by atoms with Crippen molar-refractivity contribution in [1.82, 2.24) is 9.29 Å². The van der Waals surface area contributed by atoms with Crippen LogP contribution in [0.4, 0.5) is 17.1 Å². The van der Waals surface area contributed by atoms with E-state index in [1.807, 2.05) is 48.8 Å². The molecule has 2 aromatic carbocycles. The zero-order valence-electron chi connectivity index (χ0n) is 19.4. The van der Waals surface area contributed by atoms with Gasteiger partial charge in [-0.25, -0.2) is 0 Å². The topological polar surface area (TPSA) is 74.8 Å². The molecule has 10 heteroatoms. The van der Waals surface area contributed by atoms with Crippen molar-refractivity contribution in [2.75, 3.05) is 54.9 Å². The highest BCUT2D eigenvalue weighted by Gasteiger charge is 2.23. The molecule has 2 heterocycles. The third-order valence-electron chi connectivity index (χ3n) is 5.86. The Morgan fingerprint density at radius 1 is 1.00 bits per heavy atom. The van der Waals surface area contributed by atoms with Crippen LogP contribution in [0.2, 0.25) is 10.0 Å². The maximum Gasteiger partial charge on any atom is 0.225 e. The van der Waals surface area contributed by atoms with Crippen molar-refractivity contribution in [2.24, 2.45) is 0 Å². The normalized spacial score (nSPS) is 14.8. The minimum atomic E-state index is -1.51. The van der Waals surface area contributed by atoms with Gasteiger partial charge in [-0.1, -0.05) is 29.3 Å². The lowest BCUT2D eigenvalue weighted by atomic mass is 10.2. The van der Waals surface area contributed by atoms with Gasteiger partial charge in [-0.2, -0.15) is 0 Å². The monoisotopic (exact) mass is 531 g/mol. The van der Waals surface area contributed by atoms with E-state index in [9.17, 15) is 9.35 Å². The van der Waals surface area contributed by atoms with Crippen LogP contribution in [0.3, 0.4) is 0 Å². The van der Waals surface area contributed by atoms with E-state index in [1.165, 1.54) is 5.69 Å². The Bertz CT molecular complexity index is 1130. The Hall–Kier alpha value is -2.49. The van der Waals surface area contributed by atoms with Gasteiger partial charge in [-0.15, -0.1) is 4.31 Å². The first-order valence-corrected chi connectivity index (χ1v) is 13.2. The molecule has 1 aromatic heterocycles. The molecular weight excluding hydrogens is 505 g/mol. The van der Waals surface area contributed by atoms with Crippen molar-refractivity contribution in [3.05, 3.63) is 77.0 Å². The Balaban J connectivity index is 1.24. The molecular formula is C25H27Cl2N5O2S. The second kappa shape index (κ2) is 12.0. The van der Waals surface area contributed by atoms with Crippen LogP contribution in [0.1, 0.15) is 6.42 Å². The van der Waals surface area contributed by atoms with Gasteiger partial charge < -0.3 is 19.7 Å². The summed E-state index contributed by atoms with van der Waals surface area (Å²) in [7, 11) is 1.68. The number of aromatic nitrogens is 1. The molecule has 1 unspecified atom stereocenters. The number of hydrogen-bond donors (Lipinski definition) is 1. The van der Waals surface area contributed by atoms with Crippen LogP contribution in [-0.2, 0) is 16.2 Å². The lowest BCUT2D eigenvalue weighted by Gasteiger charge is -2.37. The van der Waals surface area contributed by atoms with Crippen molar-refractivity contribution in [2.45, 2.75) is 11.3 Å². The average Bonchev–Trinajstić information content (AvgIpc) is 2.89. The third kappa shape index (κ3) is 6.59. The predicted octanol–water partition coefficient (Wildman–Crippen LogP) is 4.70. The molecule has 1 fully saturated rings. The first kappa shape index (κ1) is 25.6. The van der Waals surface area contributed by atoms with E-state index in [-0.39, 0.29) is 17.4 Å². The van der Waals surface area contributed by atoms with Crippen molar-refractivity contribution in [3.8, 4) is 0 Å². The number of carbonyl (C=O) groups excluding carboxylic acids is 1. The lowest BCUT2D eigenvalue weighted by Crippen LogP contribution is -2.46. The van der Waals surface area contributed by atoms with Gasteiger partial charge in [0.05, 0.1) is 22.9 Å². The number of rotatable bonds is 8. The van der Waals surface area contributed by atoms with Crippen molar-refractivity contribution >= 4 is 57.5 Å². The van der Waals surface area contributed by atoms with Crippen LogP contribution in [0.15, 0.2) is 71.9 Å². The molecule has 1 atom stereocenters. The number of benzene rings is 2. The molecule has 3 aromatic rings. The summed E-state index contributed by atoms with van der Waals surface area (Å²) in [5.41, 5.74) is 3.06. The SMILES string of the molecule is CN(CCC(=O)Nc1ccc(N2CCN(c3ccncc3)CC2)cc1)[S+]([O-])c1cccc(Cl)c1Cl. The van der Waals surface area contributed by atoms with Gasteiger partial charge in [-0.05, 0) is 48.5 Å². The summed E-state index contributed by atoms with van der Waals surface area (Å²) in [5.74, 6) is -0.148. The fourth-order valence-electron chi connectivity index (χ4n) is 3.89. The molecule has 1 aliphatic heterocycles. The summed E-state index contributed by atoms with van der Waals surface area (Å²) in [6.45, 7) is 4.04. The number of piperazine rings is 1. The minimum absolute atomic E-state index is 0.148. The molecule has 1 amide bonds. The Labute approximate surface area is 219 Å². The van der Waals surface area contributed by atoms with Crippen molar-refractivity contribution < 1.29 is 9.35 Å². The van der Waals surface area contributed by atoms with E-state index in [0.717, 1.165) is 37.6 Å². The van der Waals surface area contributed by atoms with Gasteiger partial charge in [0.15, 0.2) is 4.90 Å². The molecule has 7 nitrogen and oxygen atoms in total. The van der Waals surface area contributed by atoms with Crippen LogP contribution in [0, 0.1) is 0 Å². The molecule has 0 bridgehead atoms. The van der Waals surface area contributed by atoms with Gasteiger partial charge in [0, 0.05) is 69.1 Å². The number of nitrogens with one attached hydrogen (secondary N) is 1. The third-order valence-corrected chi connectivity index (χ3v) is 8.26. The number of halogens is 2. The highest BCUT2D eigenvalue weighted by Crippen LogP contribution is 2.30. The molecule has 0 radical (unpaired) electrons. The second-order valence-corrected chi connectivity index (χ2v) is 10.5. The molecule has 0 saturated carbocycles. The second-order valence-electron chi connectivity index (χ2n) is 8.18. The van der Waals surface area contributed by atoms with Crippen LogP contribution >= 0.6 is 23.2 Å². The number of amides is 1. The number of carbonyl (C=O) groups is 1. The van der Waals surface area contributed by atoms with Crippen LogP contribution in [0.5, 0.6) is 0 Å². The molecule has 1 aliphatic rings. The standard InChI is InChI=1S/C25H27Cl2N5O2S/c1-30(35(34)23-4-2-3-22(26)25(23)27)14-11-24(33)29-19-5-7-20(8-6-19)31-15-17-32(18-16-31)21-9-12-28-13-10-21/h2-10,12-13H,11,14-18H2,1H3,(H,29,33). The molecule has 1 N–H and O–H groups in total. The fraction of sp³-hybridized carbons (Fsp3) is 0.280. The van der Waals surface area contributed by atoms with Gasteiger partial charge in [0.2, 0.25) is 5.91 Å². The summed E-state index contributed by atoms with van der Waals surface area (Å²) >= 11 is 10.7. The Morgan fingerprint density at radius 3 is 2.23 bits per heavy atom. The summed E-state index contributed by atoms with van der Waals surface area (Å²) in [4.78, 5) is 21.7. The van der Waals surface area contributed by atoms with E-state index in [4.69, 9.17) is 23.2 Å². The summed E-state index contributed by atoms with van der Waals surface area (Å²) in [6.07, 6.45) is 3.83. The quantitative estimate of drug-likeness (QED) is 0.424. The largest absolute Gasteiger partial charge is 0.593 e. The summed E-state index contributed by atoms with van der Waals surface area (Å²) in [6, 6.07) is 17.0. The zero-order valence-corrected chi connectivity index (χ0v) is 21.7. The molecule has 0 aliphatic carbocycles. The highest BCUT2D eigenvalue weighted by molar-refractivity contribution is 7.89. The van der Waals surface area contributed by atoms with E-state index in [0.29, 0.717) is 16.5 Å². The van der Waals surface area contributed by atoms with E-state index < -0.39 is 11.4 Å². The Kier molecular flexibility index (Phi) is 8.75. The zero-order chi connectivity index (χ0) is 24.8. The predicted molar refractivity (Wildman–Crippen MR) is 144 cm³/mol. The first-order valence-electron chi connectivity index (χ1n) is 11.3.